The number of halogens is 2. The van der Waals surface area contributed by atoms with Gasteiger partial charge in [-0.05, 0) is 31.2 Å². The molecule has 0 saturated carbocycles. The number of anilines is 2. The van der Waals surface area contributed by atoms with Gasteiger partial charge in [0.2, 0.25) is 5.91 Å². The van der Waals surface area contributed by atoms with E-state index < -0.39 is 30.7 Å². The minimum Gasteiger partial charge on any atom is -0.492 e. The third-order valence-corrected chi connectivity index (χ3v) is 4.94. The Morgan fingerprint density at radius 1 is 1.18 bits per heavy atom. The van der Waals surface area contributed by atoms with Crippen LogP contribution < -0.4 is 24.4 Å². The van der Waals surface area contributed by atoms with Gasteiger partial charge in [0.1, 0.15) is 5.75 Å². The molecule has 2 aliphatic heterocycles. The molecule has 4 rings (SSSR count). The number of carbonyl (C=O) groups excluding carboxylic acids is 3. The standard InChI is InChI=1S/C22H20F2N2O7/c1-2-30-16-6-4-3-5-15(16)26-11-13(9-20(26)28)21(29)31-12-19(27)25-14-7-8-17-18(10-14)33-22(23,24)32-17/h3-8,10,13H,2,9,11-12H2,1H3,(H,25,27)/t13-/m1/s1. The zero-order valence-corrected chi connectivity index (χ0v) is 17.5. The van der Waals surface area contributed by atoms with E-state index in [1.54, 1.807) is 24.3 Å². The fraction of sp³-hybridized carbons (Fsp3) is 0.318. The van der Waals surface area contributed by atoms with E-state index in [9.17, 15) is 23.2 Å². The van der Waals surface area contributed by atoms with E-state index in [1.807, 2.05) is 6.92 Å². The first kappa shape index (κ1) is 22.3. The molecule has 0 bridgehead atoms. The van der Waals surface area contributed by atoms with Crippen molar-refractivity contribution < 1.29 is 42.1 Å². The molecular formula is C22H20F2N2O7. The summed E-state index contributed by atoms with van der Waals surface area (Å²) in [4.78, 5) is 38.5. The van der Waals surface area contributed by atoms with Crippen LogP contribution in [-0.4, -0.2) is 43.8 Å². The minimum atomic E-state index is -3.77. The summed E-state index contributed by atoms with van der Waals surface area (Å²) < 4.78 is 45.4. The van der Waals surface area contributed by atoms with Gasteiger partial charge in [0.15, 0.2) is 18.1 Å². The van der Waals surface area contributed by atoms with Crippen molar-refractivity contribution in [3.05, 3.63) is 42.5 Å². The molecule has 1 atom stereocenters. The van der Waals surface area contributed by atoms with Crippen LogP contribution in [0.25, 0.3) is 0 Å². The fourth-order valence-corrected chi connectivity index (χ4v) is 3.53. The largest absolute Gasteiger partial charge is 0.586 e. The van der Waals surface area contributed by atoms with Crippen molar-refractivity contribution in [3.63, 3.8) is 0 Å². The van der Waals surface area contributed by atoms with Crippen molar-refractivity contribution in [2.24, 2.45) is 5.92 Å². The molecule has 2 heterocycles. The summed E-state index contributed by atoms with van der Waals surface area (Å²) in [6, 6.07) is 10.7. The Kier molecular flexibility index (Phi) is 6.03. The third-order valence-electron chi connectivity index (χ3n) is 4.94. The van der Waals surface area contributed by atoms with E-state index in [2.05, 4.69) is 14.8 Å². The Bertz CT molecular complexity index is 1090. The predicted octanol–water partition coefficient (Wildman–Crippen LogP) is 2.94. The van der Waals surface area contributed by atoms with E-state index in [0.29, 0.717) is 18.0 Å². The second-order valence-corrected chi connectivity index (χ2v) is 7.29. The van der Waals surface area contributed by atoms with E-state index in [-0.39, 0.29) is 36.1 Å². The minimum absolute atomic E-state index is 0.0582. The van der Waals surface area contributed by atoms with Gasteiger partial charge in [-0.1, -0.05) is 12.1 Å². The third kappa shape index (κ3) is 4.97. The van der Waals surface area contributed by atoms with Crippen LogP contribution in [-0.2, 0) is 19.1 Å². The number of rotatable bonds is 7. The molecular weight excluding hydrogens is 442 g/mol. The number of carbonyl (C=O) groups is 3. The number of esters is 1. The second-order valence-electron chi connectivity index (χ2n) is 7.29. The second kappa shape index (κ2) is 8.93. The van der Waals surface area contributed by atoms with Gasteiger partial charge >= 0.3 is 12.3 Å². The Morgan fingerprint density at radius 3 is 2.73 bits per heavy atom. The Morgan fingerprint density at radius 2 is 1.94 bits per heavy atom. The van der Waals surface area contributed by atoms with Crippen LogP contribution >= 0.6 is 0 Å². The molecule has 0 aromatic heterocycles. The highest BCUT2D eigenvalue weighted by Crippen LogP contribution is 2.42. The molecule has 11 heteroatoms. The molecule has 33 heavy (non-hydrogen) atoms. The number of alkyl halides is 2. The number of ether oxygens (including phenoxy) is 4. The first-order valence-corrected chi connectivity index (χ1v) is 10.1. The number of nitrogens with zero attached hydrogens (tertiary/aromatic N) is 1. The number of benzene rings is 2. The summed E-state index contributed by atoms with van der Waals surface area (Å²) in [5.41, 5.74) is 0.719. The maximum Gasteiger partial charge on any atom is 0.586 e. The Hall–Kier alpha value is -3.89. The lowest BCUT2D eigenvalue weighted by Gasteiger charge is -2.19. The van der Waals surface area contributed by atoms with Crippen molar-refractivity contribution in [1.82, 2.24) is 0 Å². The van der Waals surface area contributed by atoms with E-state index in [0.717, 1.165) is 0 Å². The number of hydrogen-bond donors (Lipinski definition) is 1. The fourth-order valence-electron chi connectivity index (χ4n) is 3.53. The van der Waals surface area contributed by atoms with Gasteiger partial charge in [0.25, 0.3) is 5.91 Å². The molecule has 0 spiro atoms. The molecule has 9 nitrogen and oxygen atoms in total. The van der Waals surface area contributed by atoms with Crippen LogP contribution in [0, 0.1) is 5.92 Å². The van der Waals surface area contributed by atoms with Gasteiger partial charge < -0.3 is 29.2 Å². The summed E-state index contributed by atoms with van der Waals surface area (Å²) in [7, 11) is 0. The zero-order valence-electron chi connectivity index (χ0n) is 17.5. The van der Waals surface area contributed by atoms with E-state index in [1.165, 1.54) is 23.1 Å². The topological polar surface area (TPSA) is 103 Å². The van der Waals surface area contributed by atoms with Gasteiger partial charge in [0.05, 0.1) is 18.2 Å². The van der Waals surface area contributed by atoms with Crippen LogP contribution in [0.1, 0.15) is 13.3 Å². The summed E-state index contributed by atoms with van der Waals surface area (Å²) in [5.74, 6) is -2.24. The van der Waals surface area contributed by atoms with Gasteiger partial charge in [-0.2, -0.15) is 0 Å². The summed E-state index contributed by atoms with van der Waals surface area (Å²) in [6.45, 7) is 1.74. The van der Waals surface area contributed by atoms with Gasteiger partial charge in [-0.15, -0.1) is 8.78 Å². The van der Waals surface area contributed by atoms with Gasteiger partial charge in [-0.25, -0.2) is 0 Å². The monoisotopic (exact) mass is 462 g/mol. The molecule has 1 N–H and O–H groups in total. The van der Waals surface area contributed by atoms with Gasteiger partial charge in [-0.3, -0.25) is 14.4 Å². The average Bonchev–Trinajstić information content (AvgIpc) is 3.30. The highest BCUT2D eigenvalue weighted by Gasteiger charge is 2.43. The van der Waals surface area contributed by atoms with Crippen LogP contribution in [0.2, 0.25) is 0 Å². The summed E-state index contributed by atoms with van der Waals surface area (Å²) >= 11 is 0. The molecule has 1 saturated heterocycles. The van der Waals surface area contributed by atoms with Crippen molar-refractivity contribution >= 4 is 29.2 Å². The maximum absolute atomic E-state index is 13.1. The molecule has 0 aliphatic carbocycles. The van der Waals surface area contributed by atoms with Crippen LogP contribution in [0.3, 0.4) is 0 Å². The lowest BCUT2D eigenvalue weighted by molar-refractivity contribution is -0.286. The number of nitrogens with one attached hydrogen (secondary N) is 1. The normalized spacial score (nSPS) is 18.2. The lowest BCUT2D eigenvalue weighted by atomic mass is 10.1. The van der Waals surface area contributed by atoms with Crippen LogP contribution in [0.4, 0.5) is 20.2 Å². The van der Waals surface area contributed by atoms with Crippen molar-refractivity contribution in [3.8, 4) is 17.2 Å². The molecule has 2 aliphatic rings. The highest BCUT2D eigenvalue weighted by molar-refractivity contribution is 6.01. The van der Waals surface area contributed by atoms with Crippen LogP contribution in [0.5, 0.6) is 17.2 Å². The summed E-state index contributed by atoms with van der Waals surface area (Å²) in [6.07, 6.45) is -3.83. The number of hydrogen-bond acceptors (Lipinski definition) is 7. The number of para-hydroxylation sites is 2. The number of amides is 2. The Labute approximate surface area is 187 Å². The average molecular weight is 462 g/mol. The molecule has 1 fully saturated rings. The van der Waals surface area contributed by atoms with Crippen molar-refractivity contribution in [2.45, 2.75) is 19.6 Å². The predicted molar refractivity (Wildman–Crippen MR) is 110 cm³/mol. The summed E-state index contributed by atoms with van der Waals surface area (Å²) in [5, 5.41) is 2.42. The van der Waals surface area contributed by atoms with Gasteiger partial charge in [0, 0.05) is 24.7 Å². The first-order valence-electron chi connectivity index (χ1n) is 10.1. The molecule has 2 aromatic carbocycles. The molecule has 174 valence electrons. The first-order chi connectivity index (χ1) is 15.8. The maximum atomic E-state index is 13.1. The quantitative estimate of drug-likeness (QED) is 0.631. The van der Waals surface area contributed by atoms with Crippen molar-refractivity contribution in [1.29, 1.82) is 0 Å². The van der Waals surface area contributed by atoms with Crippen molar-refractivity contribution in [2.75, 3.05) is 30.0 Å². The van der Waals surface area contributed by atoms with E-state index in [4.69, 9.17) is 9.47 Å². The highest BCUT2D eigenvalue weighted by atomic mass is 19.3. The van der Waals surface area contributed by atoms with E-state index >= 15 is 0 Å². The molecule has 0 radical (unpaired) electrons. The SMILES string of the molecule is CCOc1ccccc1N1C[C@H](C(=O)OCC(=O)Nc2ccc3c(c2)OC(F)(F)O3)CC1=O. The lowest BCUT2D eigenvalue weighted by Crippen LogP contribution is -2.28. The zero-order chi connectivity index (χ0) is 23.6. The Balaban J connectivity index is 1.31. The number of fused-ring (bicyclic) bond motifs is 1. The molecule has 2 aromatic rings. The molecule has 0 unspecified atom stereocenters. The molecule has 2 amide bonds. The smallest absolute Gasteiger partial charge is 0.492 e. The van der Waals surface area contributed by atoms with Crippen LogP contribution in [0.15, 0.2) is 42.5 Å².